The van der Waals surface area contributed by atoms with Crippen LogP contribution in [-0.4, -0.2) is 11.8 Å². The van der Waals surface area contributed by atoms with Gasteiger partial charge in [-0.1, -0.05) is 38.1 Å². The molecule has 2 aromatic rings. The number of carbonyl (C=O) groups excluding carboxylic acids is 2. The van der Waals surface area contributed by atoms with E-state index in [1.807, 2.05) is 0 Å². The van der Waals surface area contributed by atoms with Crippen LogP contribution < -0.4 is 10.6 Å². The van der Waals surface area contributed by atoms with Gasteiger partial charge >= 0.3 is 6.18 Å². The van der Waals surface area contributed by atoms with Gasteiger partial charge in [0, 0.05) is 18.2 Å². The molecular weight excluding hydrogens is 357 g/mol. The molecule has 2 amide bonds. The maximum atomic E-state index is 12.5. The Labute approximate surface area is 155 Å². The highest BCUT2D eigenvalue weighted by Crippen LogP contribution is 2.29. The fraction of sp³-hybridized carbons (Fsp3) is 0.300. The number of amides is 2. The molecule has 0 atom stereocenters. The monoisotopic (exact) mass is 378 g/mol. The van der Waals surface area contributed by atoms with Gasteiger partial charge in [0.2, 0.25) is 11.8 Å². The van der Waals surface area contributed by atoms with Crippen LogP contribution in [0.5, 0.6) is 0 Å². The standard InChI is InChI=1S/C20H21F3N2O2/c1-13(2)19(27)25-17-9-5-15(6-10-17)12-24-18(26)11-14-3-7-16(8-4-14)20(21,22)23/h3-10,13H,11-12H2,1-2H3,(H,24,26)(H,25,27). The number of carbonyl (C=O) groups is 2. The van der Waals surface area contributed by atoms with Gasteiger partial charge in [-0.3, -0.25) is 9.59 Å². The highest BCUT2D eigenvalue weighted by atomic mass is 19.4. The van der Waals surface area contributed by atoms with Crippen LogP contribution in [0.25, 0.3) is 0 Å². The van der Waals surface area contributed by atoms with Crippen LogP contribution in [0, 0.1) is 5.92 Å². The Kier molecular flexibility index (Phi) is 6.60. The number of rotatable bonds is 6. The second-order valence-corrected chi connectivity index (χ2v) is 6.49. The third kappa shape index (κ3) is 6.44. The van der Waals surface area contributed by atoms with Crippen molar-refractivity contribution in [2.75, 3.05) is 5.32 Å². The van der Waals surface area contributed by atoms with Crippen LogP contribution in [0.15, 0.2) is 48.5 Å². The first-order valence-electron chi connectivity index (χ1n) is 8.48. The molecule has 2 N–H and O–H groups in total. The molecule has 0 saturated heterocycles. The van der Waals surface area contributed by atoms with E-state index in [-0.39, 0.29) is 30.7 Å². The van der Waals surface area contributed by atoms with E-state index in [1.54, 1.807) is 38.1 Å². The summed E-state index contributed by atoms with van der Waals surface area (Å²) in [5.74, 6) is -0.478. The summed E-state index contributed by atoms with van der Waals surface area (Å²) in [5.41, 5.74) is 1.29. The van der Waals surface area contributed by atoms with Gasteiger partial charge in [0.15, 0.2) is 0 Å². The lowest BCUT2D eigenvalue weighted by molar-refractivity contribution is -0.137. The lowest BCUT2D eigenvalue weighted by Crippen LogP contribution is -2.24. The predicted octanol–water partition coefficient (Wildman–Crippen LogP) is 4.16. The highest BCUT2D eigenvalue weighted by Gasteiger charge is 2.29. The minimum Gasteiger partial charge on any atom is -0.352 e. The molecular formula is C20H21F3N2O2. The molecule has 2 aromatic carbocycles. The molecule has 4 nitrogen and oxygen atoms in total. The normalized spacial score (nSPS) is 11.3. The number of hydrogen-bond donors (Lipinski definition) is 2. The van der Waals surface area contributed by atoms with Crippen molar-refractivity contribution in [3.8, 4) is 0 Å². The van der Waals surface area contributed by atoms with Crippen molar-refractivity contribution >= 4 is 17.5 Å². The third-order valence-corrected chi connectivity index (χ3v) is 3.88. The summed E-state index contributed by atoms with van der Waals surface area (Å²) in [6.07, 6.45) is -4.39. The SMILES string of the molecule is CC(C)C(=O)Nc1ccc(CNC(=O)Cc2ccc(C(F)(F)F)cc2)cc1. The van der Waals surface area contributed by atoms with Crippen LogP contribution in [0.3, 0.4) is 0 Å². The summed E-state index contributed by atoms with van der Waals surface area (Å²) in [6.45, 7) is 3.89. The zero-order valence-corrected chi connectivity index (χ0v) is 15.1. The van der Waals surface area contributed by atoms with Gasteiger partial charge in [0.25, 0.3) is 0 Å². The maximum Gasteiger partial charge on any atom is 0.416 e. The van der Waals surface area contributed by atoms with E-state index in [2.05, 4.69) is 10.6 Å². The largest absolute Gasteiger partial charge is 0.416 e. The zero-order valence-electron chi connectivity index (χ0n) is 15.1. The van der Waals surface area contributed by atoms with Crippen LogP contribution in [0.2, 0.25) is 0 Å². The van der Waals surface area contributed by atoms with Gasteiger partial charge in [-0.05, 0) is 35.4 Å². The second-order valence-electron chi connectivity index (χ2n) is 6.49. The molecule has 0 aliphatic rings. The van der Waals surface area contributed by atoms with Gasteiger partial charge in [-0.15, -0.1) is 0 Å². The van der Waals surface area contributed by atoms with Gasteiger partial charge in [0.05, 0.1) is 12.0 Å². The molecule has 2 rings (SSSR count). The van der Waals surface area contributed by atoms with Gasteiger partial charge in [-0.2, -0.15) is 13.2 Å². The predicted molar refractivity (Wildman–Crippen MR) is 96.9 cm³/mol. The van der Waals surface area contributed by atoms with E-state index >= 15 is 0 Å². The minimum absolute atomic E-state index is 0.000661. The fourth-order valence-electron chi connectivity index (χ4n) is 2.25. The average molecular weight is 378 g/mol. The molecule has 0 spiro atoms. The van der Waals surface area contributed by atoms with Crippen LogP contribution in [0.4, 0.5) is 18.9 Å². The van der Waals surface area contributed by atoms with Crippen molar-refractivity contribution < 1.29 is 22.8 Å². The van der Waals surface area contributed by atoms with Crippen LogP contribution in [0.1, 0.15) is 30.5 Å². The zero-order chi connectivity index (χ0) is 20.0. The Morgan fingerprint density at radius 2 is 1.48 bits per heavy atom. The number of nitrogens with one attached hydrogen (secondary N) is 2. The molecule has 7 heteroatoms. The summed E-state index contributed by atoms with van der Waals surface area (Å²) in [5, 5.41) is 5.50. The summed E-state index contributed by atoms with van der Waals surface area (Å²) >= 11 is 0. The Morgan fingerprint density at radius 3 is 2.00 bits per heavy atom. The molecule has 0 bridgehead atoms. The molecule has 0 aromatic heterocycles. The molecule has 0 radical (unpaired) electrons. The van der Waals surface area contributed by atoms with Crippen molar-refractivity contribution in [1.82, 2.24) is 5.32 Å². The number of benzene rings is 2. The van der Waals surface area contributed by atoms with Crippen molar-refractivity contribution in [2.45, 2.75) is 33.0 Å². The van der Waals surface area contributed by atoms with Crippen molar-refractivity contribution in [2.24, 2.45) is 5.92 Å². The Hall–Kier alpha value is -2.83. The van der Waals surface area contributed by atoms with E-state index in [4.69, 9.17) is 0 Å². The Balaban J connectivity index is 1.84. The lowest BCUT2D eigenvalue weighted by atomic mass is 10.1. The van der Waals surface area contributed by atoms with Gasteiger partial charge < -0.3 is 10.6 Å². The van der Waals surface area contributed by atoms with Crippen LogP contribution in [-0.2, 0) is 28.7 Å². The third-order valence-electron chi connectivity index (χ3n) is 3.88. The molecule has 0 fully saturated rings. The Morgan fingerprint density at radius 1 is 0.926 bits per heavy atom. The number of alkyl halides is 3. The van der Waals surface area contributed by atoms with E-state index in [1.165, 1.54) is 12.1 Å². The van der Waals surface area contributed by atoms with Crippen molar-refractivity contribution in [3.63, 3.8) is 0 Å². The maximum absolute atomic E-state index is 12.5. The average Bonchev–Trinajstić information content (AvgIpc) is 2.60. The van der Waals surface area contributed by atoms with E-state index in [0.29, 0.717) is 11.3 Å². The molecule has 0 aliphatic heterocycles. The second kappa shape index (κ2) is 8.70. The number of anilines is 1. The van der Waals surface area contributed by atoms with E-state index in [9.17, 15) is 22.8 Å². The molecule has 144 valence electrons. The smallest absolute Gasteiger partial charge is 0.352 e. The van der Waals surface area contributed by atoms with E-state index < -0.39 is 11.7 Å². The molecule has 0 aliphatic carbocycles. The summed E-state index contributed by atoms with van der Waals surface area (Å²) in [6, 6.07) is 11.6. The molecule has 0 saturated carbocycles. The first kappa shape index (κ1) is 20.5. The molecule has 27 heavy (non-hydrogen) atoms. The first-order chi connectivity index (χ1) is 12.6. The summed E-state index contributed by atoms with van der Waals surface area (Å²) in [7, 11) is 0. The highest BCUT2D eigenvalue weighted by molar-refractivity contribution is 5.92. The van der Waals surface area contributed by atoms with Crippen LogP contribution >= 0.6 is 0 Å². The number of halogens is 3. The lowest BCUT2D eigenvalue weighted by Gasteiger charge is -2.10. The van der Waals surface area contributed by atoms with Gasteiger partial charge in [0.1, 0.15) is 0 Å². The van der Waals surface area contributed by atoms with Crippen molar-refractivity contribution in [3.05, 3.63) is 65.2 Å². The number of hydrogen-bond acceptors (Lipinski definition) is 2. The minimum atomic E-state index is -4.39. The quantitative estimate of drug-likeness (QED) is 0.793. The first-order valence-corrected chi connectivity index (χ1v) is 8.48. The molecule has 0 heterocycles. The topological polar surface area (TPSA) is 58.2 Å². The summed E-state index contributed by atoms with van der Waals surface area (Å²) in [4.78, 5) is 23.6. The van der Waals surface area contributed by atoms with E-state index in [0.717, 1.165) is 17.7 Å². The molecule has 0 unspecified atom stereocenters. The van der Waals surface area contributed by atoms with Gasteiger partial charge in [-0.25, -0.2) is 0 Å². The fourth-order valence-corrected chi connectivity index (χ4v) is 2.25. The Bertz CT molecular complexity index is 782. The van der Waals surface area contributed by atoms with Crippen molar-refractivity contribution in [1.29, 1.82) is 0 Å². The summed E-state index contributed by atoms with van der Waals surface area (Å²) < 4.78 is 37.6.